The van der Waals surface area contributed by atoms with Crippen molar-refractivity contribution < 1.29 is 24.2 Å². The van der Waals surface area contributed by atoms with E-state index in [1.807, 2.05) is 6.92 Å². The third kappa shape index (κ3) is 4.34. The van der Waals surface area contributed by atoms with Crippen LogP contribution in [-0.2, 0) is 16.0 Å². The highest BCUT2D eigenvalue weighted by Crippen LogP contribution is 2.22. The average molecular weight is 333 g/mol. The van der Waals surface area contributed by atoms with E-state index in [1.54, 1.807) is 6.07 Å². The quantitative estimate of drug-likeness (QED) is 0.665. The Morgan fingerprint density at radius 3 is 2.71 bits per heavy atom. The minimum Gasteiger partial charge on any atom is -0.508 e. The monoisotopic (exact) mass is 333 g/mol. The first-order valence-corrected chi connectivity index (χ1v) is 7.68. The van der Waals surface area contributed by atoms with Crippen LogP contribution in [0.25, 0.3) is 11.0 Å². The summed E-state index contributed by atoms with van der Waals surface area (Å²) in [6, 6.07) is 4.50. The van der Waals surface area contributed by atoms with E-state index in [9.17, 15) is 19.5 Å². The van der Waals surface area contributed by atoms with Gasteiger partial charge in [0.2, 0.25) is 5.91 Å². The molecule has 1 heterocycles. The van der Waals surface area contributed by atoms with Gasteiger partial charge in [-0.05, 0) is 24.1 Å². The number of unbranched alkanes of at least 4 members (excludes halogenated alkanes) is 1. The number of carboxylic acids is 1. The standard InChI is InChI=1S/C17H19NO6/c1-2-3-4-13(17(22)23)18-15(20)7-10-8-16(21)24-14-9-11(19)5-6-12(10)14/h5-6,8-9,13,19H,2-4,7H2,1H3,(H,18,20)(H,22,23)/t13-/m1/s1. The van der Waals surface area contributed by atoms with E-state index in [4.69, 9.17) is 9.52 Å². The maximum atomic E-state index is 12.2. The molecule has 1 aromatic carbocycles. The van der Waals surface area contributed by atoms with Crippen molar-refractivity contribution in [1.82, 2.24) is 5.32 Å². The van der Waals surface area contributed by atoms with Crippen LogP contribution >= 0.6 is 0 Å². The number of nitrogens with one attached hydrogen (secondary N) is 1. The van der Waals surface area contributed by atoms with Gasteiger partial charge in [-0.1, -0.05) is 19.8 Å². The Bertz CT molecular complexity index is 810. The van der Waals surface area contributed by atoms with Crippen LogP contribution in [0.2, 0.25) is 0 Å². The van der Waals surface area contributed by atoms with Gasteiger partial charge in [-0.3, -0.25) is 4.79 Å². The topological polar surface area (TPSA) is 117 Å². The highest BCUT2D eigenvalue weighted by molar-refractivity contribution is 5.89. The number of hydrogen-bond donors (Lipinski definition) is 3. The number of rotatable bonds is 7. The number of fused-ring (bicyclic) bond motifs is 1. The van der Waals surface area contributed by atoms with Gasteiger partial charge in [0.05, 0.1) is 6.42 Å². The van der Waals surface area contributed by atoms with E-state index in [0.717, 1.165) is 6.42 Å². The molecule has 0 aliphatic rings. The van der Waals surface area contributed by atoms with Crippen molar-refractivity contribution in [3.63, 3.8) is 0 Å². The smallest absolute Gasteiger partial charge is 0.336 e. The van der Waals surface area contributed by atoms with Crippen LogP contribution in [0, 0.1) is 0 Å². The normalized spacial score (nSPS) is 12.0. The summed E-state index contributed by atoms with van der Waals surface area (Å²) in [5.74, 6) is -1.63. The van der Waals surface area contributed by atoms with Crippen molar-refractivity contribution in [2.24, 2.45) is 0 Å². The summed E-state index contributed by atoms with van der Waals surface area (Å²) in [6.45, 7) is 1.94. The SMILES string of the molecule is CCCC[C@@H](NC(=O)Cc1cc(=O)oc2cc(O)ccc12)C(=O)O. The number of phenols is 1. The summed E-state index contributed by atoms with van der Waals surface area (Å²) in [6.07, 6.45) is 1.72. The number of carbonyl (C=O) groups excluding carboxylic acids is 1. The van der Waals surface area contributed by atoms with Crippen LogP contribution in [0.3, 0.4) is 0 Å². The lowest BCUT2D eigenvalue weighted by Crippen LogP contribution is -2.41. The van der Waals surface area contributed by atoms with Crippen LogP contribution in [0.15, 0.2) is 33.5 Å². The third-order valence-electron chi connectivity index (χ3n) is 3.64. The molecule has 0 spiro atoms. The molecule has 0 fully saturated rings. The van der Waals surface area contributed by atoms with Gasteiger partial charge in [0.15, 0.2) is 0 Å². The zero-order chi connectivity index (χ0) is 17.7. The molecule has 1 atom stereocenters. The number of carbonyl (C=O) groups is 2. The molecule has 0 saturated heterocycles. The molecule has 7 nitrogen and oxygen atoms in total. The van der Waals surface area contributed by atoms with Gasteiger partial charge in [-0.2, -0.15) is 0 Å². The Morgan fingerprint density at radius 2 is 2.04 bits per heavy atom. The minimum absolute atomic E-state index is 0.0576. The molecular weight excluding hydrogens is 314 g/mol. The van der Waals surface area contributed by atoms with Crippen LogP contribution in [0.4, 0.5) is 0 Å². The zero-order valence-corrected chi connectivity index (χ0v) is 13.2. The number of carboxylic acid groups (broad SMARTS) is 1. The van der Waals surface area contributed by atoms with E-state index in [2.05, 4.69) is 5.32 Å². The van der Waals surface area contributed by atoms with Crippen molar-refractivity contribution in [3.8, 4) is 5.75 Å². The average Bonchev–Trinajstić information content (AvgIpc) is 2.50. The lowest BCUT2D eigenvalue weighted by Gasteiger charge is -2.14. The first-order chi connectivity index (χ1) is 11.4. The fourth-order valence-corrected chi connectivity index (χ4v) is 2.45. The van der Waals surface area contributed by atoms with Crippen LogP contribution in [0.1, 0.15) is 31.7 Å². The fraction of sp³-hybridized carbons (Fsp3) is 0.353. The predicted octanol–water partition coefficient (Wildman–Crippen LogP) is 1.80. The third-order valence-corrected chi connectivity index (χ3v) is 3.64. The second-order valence-corrected chi connectivity index (χ2v) is 5.55. The molecule has 2 aromatic rings. The van der Waals surface area contributed by atoms with Crippen molar-refractivity contribution in [3.05, 3.63) is 40.2 Å². The predicted molar refractivity (Wildman–Crippen MR) is 86.9 cm³/mol. The van der Waals surface area contributed by atoms with Crippen molar-refractivity contribution in [2.45, 2.75) is 38.6 Å². The van der Waals surface area contributed by atoms with Gasteiger partial charge in [0.25, 0.3) is 0 Å². The van der Waals surface area contributed by atoms with Gasteiger partial charge in [0, 0.05) is 17.5 Å². The minimum atomic E-state index is -1.08. The van der Waals surface area contributed by atoms with Crippen LogP contribution in [0.5, 0.6) is 5.75 Å². The van der Waals surface area contributed by atoms with Crippen LogP contribution in [-0.4, -0.2) is 28.1 Å². The summed E-state index contributed by atoms with van der Waals surface area (Å²) in [5.41, 5.74) is -0.0545. The fourth-order valence-electron chi connectivity index (χ4n) is 2.45. The van der Waals surface area contributed by atoms with Gasteiger partial charge in [-0.15, -0.1) is 0 Å². The number of hydrogen-bond acceptors (Lipinski definition) is 5. The van der Waals surface area contributed by atoms with Crippen LogP contribution < -0.4 is 10.9 Å². The van der Waals surface area contributed by atoms with Crippen molar-refractivity contribution >= 4 is 22.8 Å². The maximum absolute atomic E-state index is 12.2. The largest absolute Gasteiger partial charge is 0.508 e. The number of amides is 1. The van der Waals surface area contributed by atoms with E-state index in [-0.39, 0.29) is 17.8 Å². The molecule has 0 saturated carbocycles. The molecule has 2 rings (SSSR count). The summed E-state index contributed by atoms with van der Waals surface area (Å²) in [4.78, 5) is 34.9. The van der Waals surface area contributed by atoms with Gasteiger partial charge < -0.3 is 19.9 Å². The Kier molecular flexibility index (Phi) is 5.57. The second-order valence-electron chi connectivity index (χ2n) is 5.55. The number of aromatic hydroxyl groups is 1. The highest BCUT2D eigenvalue weighted by atomic mass is 16.4. The summed E-state index contributed by atoms with van der Waals surface area (Å²) >= 11 is 0. The molecule has 1 amide bonds. The van der Waals surface area contributed by atoms with Gasteiger partial charge in [0.1, 0.15) is 17.4 Å². The molecule has 7 heteroatoms. The Hall–Kier alpha value is -2.83. The first-order valence-electron chi connectivity index (χ1n) is 7.68. The summed E-state index contributed by atoms with van der Waals surface area (Å²) in [5, 5.41) is 21.6. The Labute approximate surface area is 137 Å². The van der Waals surface area contributed by atoms with E-state index in [0.29, 0.717) is 23.8 Å². The zero-order valence-electron chi connectivity index (χ0n) is 13.2. The van der Waals surface area contributed by atoms with Crippen molar-refractivity contribution in [2.75, 3.05) is 0 Å². The van der Waals surface area contributed by atoms with Gasteiger partial charge in [-0.25, -0.2) is 9.59 Å². The number of benzene rings is 1. The lowest BCUT2D eigenvalue weighted by atomic mass is 10.1. The maximum Gasteiger partial charge on any atom is 0.336 e. The molecule has 0 unspecified atom stereocenters. The first kappa shape index (κ1) is 17.5. The summed E-state index contributed by atoms with van der Waals surface area (Å²) in [7, 11) is 0. The Balaban J connectivity index is 2.21. The molecular formula is C17H19NO6. The highest BCUT2D eigenvalue weighted by Gasteiger charge is 2.20. The number of phenolic OH excluding ortho intramolecular Hbond substituents is 1. The second kappa shape index (κ2) is 7.63. The molecule has 0 radical (unpaired) electrons. The molecule has 0 aliphatic carbocycles. The molecule has 0 bridgehead atoms. The molecule has 0 aliphatic heterocycles. The lowest BCUT2D eigenvalue weighted by molar-refractivity contribution is -0.141. The van der Waals surface area contributed by atoms with E-state index < -0.39 is 23.5 Å². The van der Waals surface area contributed by atoms with E-state index in [1.165, 1.54) is 18.2 Å². The van der Waals surface area contributed by atoms with Gasteiger partial charge >= 0.3 is 11.6 Å². The summed E-state index contributed by atoms with van der Waals surface area (Å²) < 4.78 is 5.00. The molecule has 128 valence electrons. The number of aliphatic carboxylic acids is 1. The Morgan fingerprint density at radius 1 is 1.29 bits per heavy atom. The molecule has 24 heavy (non-hydrogen) atoms. The van der Waals surface area contributed by atoms with E-state index >= 15 is 0 Å². The van der Waals surface area contributed by atoms with Crippen molar-refractivity contribution in [1.29, 1.82) is 0 Å². The molecule has 3 N–H and O–H groups in total. The molecule has 1 aromatic heterocycles.